The maximum absolute atomic E-state index is 12.5. The summed E-state index contributed by atoms with van der Waals surface area (Å²) in [6, 6.07) is 4.03. The fourth-order valence-electron chi connectivity index (χ4n) is 4.78. The Morgan fingerprint density at radius 2 is 1.79 bits per heavy atom. The third-order valence-corrected chi connectivity index (χ3v) is 6.84. The number of anilines is 1. The summed E-state index contributed by atoms with van der Waals surface area (Å²) in [5, 5.41) is 4.70. The van der Waals surface area contributed by atoms with Crippen LogP contribution in [0, 0.1) is 5.92 Å². The average Bonchev–Trinajstić information content (AvgIpc) is 2.68. The number of fused-ring (bicyclic) bond motifs is 1. The normalized spacial score (nSPS) is 20.6. The standard InChI is InChI=1S/C22H29N5O/c28-22-12-18-4-1-2-7-19(18)25-27(22)14-16-8-10-26(11-9-16)21-13-20(23-15-24-21)17-5-3-6-17/h12-13,15-17H,1-11,14H2. The molecular formula is C22H29N5O. The van der Waals surface area contributed by atoms with Crippen molar-refractivity contribution in [2.45, 2.75) is 70.3 Å². The van der Waals surface area contributed by atoms with Gasteiger partial charge in [0.25, 0.3) is 5.56 Å². The van der Waals surface area contributed by atoms with Gasteiger partial charge in [-0.05, 0) is 62.8 Å². The van der Waals surface area contributed by atoms with E-state index in [1.54, 1.807) is 11.0 Å². The van der Waals surface area contributed by atoms with Gasteiger partial charge in [0.1, 0.15) is 12.1 Å². The van der Waals surface area contributed by atoms with Crippen molar-refractivity contribution in [2.75, 3.05) is 18.0 Å². The molecule has 28 heavy (non-hydrogen) atoms. The molecule has 1 saturated carbocycles. The highest BCUT2D eigenvalue weighted by molar-refractivity contribution is 5.40. The molecule has 0 amide bonds. The van der Waals surface area contributed by atoms with Crippen molar-refractivity contribution in [3.8, 4) is 0 Å². The van der Waals surface area contributed by atoms with Crippen LogP contribution >= 0.6 is 0 Å². The van der Waals surface area contributed by atoms with Crippen molar-refractivity contribution in [1.29, 1.82) is 0 Å². The van der Waals surface area contributed by atoms with E-state index in [4.69, 9.17) is 5.10 Å². The number of piperidine rings is 1. The molecule has 0 radical (unpaired) electrons. The lowest BCUT2D eigenvalue weighted by Gasteiger charge is -2.33. The molecule has 0 unspecified atom stereocenters. The molecule has 148 valence electrons. The van der Waals surface area contributed by atoms with Crippen LogP contribution < -0.4 is 10.5 Å². The fourth-order valence-corrected chi connectivity index (χ4v) is 4.78. The van der Waals surface area contributed by atoms with Crippen LogP contribution in [0.1, 0.15) is 67.8 Å². The topological polar surface area (TPSA) is 63.9 Å². The first-order valence-electron chi connectivity index (χ1n) is 10.9. The molecule has 0 N–H and O–H groups in total. The van der Waals surface area contributed by atoms with Crippen molar-refractivity contribution in [3.05, 3.63) is 45.8 Å². The Morgan fingerprint density at radius 1 is 0.964 bits per heavy atom. The summed E-state index contributed by atoms with van der Waals surface area (Å²) in [4.78, 5) is 23.8. The zero-order chi connectivity index (χ0) is 18.9. The van der Waals surface area contributed by atoms with E-state index >= 15 is 0 Å². The van der Waals surface area contributed by atoms with Crippen LogP contribution in [0.3, 0.4) is 0 Å². The number of aryl methyl sites for hydroxylation is 2. The van der Waals surface area contributed by atoms with Gasteiger partial charge in [-0.2, -0.15) is 5.10 Å². The molecule has 2 fully saturated rings. The van der Waals surface area contributed by atoms with E-state index < -0.39 is 0 Å². The van der Waals surface area contributed by atoms with Gasteiger partial charge in [0.2, 0.25) is 0 Å². The van der Waals surface area contributed by atoms with E-state index in [9.17, 15) is 4.79 Å². The Labute approximate surface area is 166 Å². The first kappa shape index (κ1) is 17.8. The second-order valence-electron chi connectivity index (χ2n) is 8.70. The average molecular weight is 380 g/mol. The van der Waals surface area contributed by atoms with Gasteiger partial charge in [-0.3, -0.25) is 4.79 Å². The second kappa shape index (κ2) is 7.64. The van der Waals surface area contributed by atoms with Crippen molar-refractivity contribution in [1.82, 2.24) is 19.7 Å². The molecule has 3 heterocycles. The molecule has 6 heteroatoms. The maximum Gasteiger partial charge on any atom is 0.267 e. The lowest BCUT2D eigenvalue weighted by molar-refractivity contribution is 0.331. The van der Waals surface area contributed by atoms with Crippen molar-refractivity contribution < 1.29 is 0 Å². The Balaban J connectivity index is 1.22. The SMILES string of the molecule is O=c1cc2c(nn1CC1CCN(c3cc(C4CCC4)ncn3)CC1)CCCC2. The number of rotatable bonds is 4. The number of nitrogens with zero attached hydrogens (tertiary/aromatic N) is 5. The van der Waals surface area contributed by atoms with Gasteiger partial charge in [-0.1, -0.05) is 6.42 Å². The van der Waals surface area contributed by atoms with Crippen molar-refractivity contribution >= 4 is 5.82 Å². The zero-order valence-electron chi connectivity index (χ0n) is 16.5. The Bertz CT molecular complexity index is 896. The molecule has 2 aromatic heterocycles. The molecule has 3 aliphatic rings. The second-order valence-corrected chi connectivity index (χ2v) is 8.70. The molecule has 1 aliphatic heterocycles. The number of hydrogen-bond acceptors (Lipinski definition) is 5. The minimum atomic E-state index is 0.0732. The van der Waals surface area contributed by atoms with Crippen LogP contribution in [0.4, 0.5) is 5.82 Å². The molecule has 6 nitrogen and oxygen atoms in total. The highest BCUT2D eigenvalue weighted by Gasteiger charge is 2.25. The van der Waals surface area contributed by atoms with Gasteiger partial charge in [-0.25, -0.2) is 14.6 Å². The molecule has 2 aliphatic carbocycles. The summed E-state index contributed by atoms with van der Waals surface area (Å²) in [7, 11) is 0. The Hall–Kier alpha value is -2.24. The highest BCUT2D eigenvalue weighted by atomic mass is 16.1. The molecule has 0 atom stereocenters. The molecule has 0 aromatic carbocycles. The first-order chi connectivity index (χ1) is 13.8. The molecule has 1 saturated heterocycles. The monoisotopic (exact) mass is 379 g/mol. The first-order valence-corrected chi connectivity index (χ1v) is 10.9. The highest BCUT2D eigenvalue weighted by Crippen LogP contribution is 2.36. The maximum atomic E-state index is 12.5. The molecule has 5 rings (SSSR count). The largest absolute Gasteiger partial charge is 0.356 e. The number of aromatic nitrogens is 4. The number of hydrogen-bond donors (Lipinski definition) is 0. The van der Waals surface area contributed by atoms with Gasteiger partial charge in [0.15, 0.2) is 0 Å². The van der Waals surface area contributed by atoms with Gasteiger partial charge >= 0.3 is 0 Å². The minimum absolute atomic E-state index is 0.0732. The van der Waals surface area contributed by atoms with Crippen LogP contribution in [-0.2, 0) is 19.4 Å². The summed E-state index contributed by atoms with van der Waals surface area (Å²) >= 11 is 0. The zero-order valence-corrected chi connectivity index (χ0v) is 16.5. The lowest BCUT2D eigenvalue weighted by Crippen LogP contribution is -2.37. The van der Waals surface area contributed by atoms with E-state index in [1.165, 1.54) is 43.4 Å². The van der Waals surface area contributed by atoms with Crippen LogP contribution in [0.5, 0.6) is 0 Å². The molecular weight excluding hydrogens is 350 g/mol. The van der Waals surface area contributed by atoms with Crippen LogP contribution in [0.15, 0.2) is 23.3 Å². The Kier molecular flexibility index (Phi) is 4.87. The van der Waals surface area contributed by atoms with Crippen LogP contribution in [0.25, 0.3) is 0 Å². The quantitative estimate of drug-likeness (QED) is 0.817. The fraction of sp³-hybridized carbons (Fsp3) is 0.636. The molecule has 0 spiro atoms. The van der Waals surface area contributed by atoms with Crippen LogP contribution in [-0.4, -0.2) is 32.8 Å². The summed E-state index contributed by atoms with van der Waals surface area (Å²) in [5.41, 5.74) is 3.60. The van der Waals surface area contributed by atoms with Gasteiger partial charge in [0.05, 0.1) is 5.69 Å². The van der Waals surface area contributed by atoms with E-state index in [0.29, 0.717) is 11.8 Å². The van der Waals surface area contributed by atoms with Gasteiger partial charge < -0.3 is 4.90 Å². The predicted octanol–water partition coefficient (Wildman–Crippen LogP) is 3.10. The summed E-state index contributed by atoms with van der Waals surface area (Å²) in [6.45, 7) is 2.73. The van der Waals surface area contributed by atoms with E-state index in [0.717, 1.165) is 56.8 Å². The van der Waals surface area contributed by atoms with Gasteiger partial charge in [-0.15, -0.1) is 0 Å². The third-order valence-electron chi connectivity index (χ3n) is 6.84. The summed E-state index contributed by atoms with van der Waals surface area (Å²) in [6.07, 6.45) is 12.1. The smallest absolute Gasteiger partial charge is 0.267 e. The minimum Gasteiger partial charge on any atom is -0.356 e. The predicted molar refractivity (Wildman–Crippen MR) is 109 cm³/mol. The summed E-state index contributed by atoms with van der Waals surface area (Å²) in [5.74, 6) is 2.22. The van der Waals surface area contributed by atoms with E-state index in [-0.39, 0.29) is 5.56 Å². The van der Waals surface area contributed by atoms with Gasteiger partial charge in [0, 0.05) is 43.4 Å². The Morgan fingerprint density at radius 3 is 2.57 bits per heavy atom. The van der Waals surface area contributed by atoms with Crippen molar-refractivity contribution in [3.63, 3.8) is 0 Å². The lowest BCUT2D eigenvalue weighted by atomic mass is 9.83. The van der Waals surface area contributed by atoms with Crippen molar-refractivity contribution in [2.24, 2.45) is 5.92 Å². The van der Waals surface area contributed by atoms with E-state index in [2.05, 4.69) is 20.9 Å². The molecule has 0 bridgehead atoms. The van der Waals surface area contributed by atoms with E-state index in [1.807, 2.05) is 6.07 Å². The summed E-state index contributed by atoms with van der Waals surface area (Å²) < 4.78 is 1.73. The third kappa shape index (κ3) is 3.56. The van der Waals surface area contributed by atoms with Crippen LogP contribution in [0.2, 0.25) is 0 Å². The molecule has 2 aromatic rings.